The molecule has 268 valence electrons. The highest BCUT2D eigenvalue weighted by Crippen LogP contribution is 2.30. The van der Waals surface area contributed by atoms with Crippen LogP contribution in [-0.4, -0.2) is 106 Å². The molecular weight excluding hydrogens is 630 g/mol. The summed E-state index contributed by atoms with van der Waals surface area (Å²) < 4.78 is 11.2. The number of amides is 2. The lowest BCUT2D eigenvalue weighted by molar-refractivity contribution is -0.110. The maximum atomic E-state index is 12.4. The molecule has 0 aliphatic carbocycles. The van der Waals surface area contributed by atoms with Gasteiger partial charge in [0.05, 0.1) is 19.3 Å². The van der Waals surface area contributed by atoms with E-state index in [1.54, 1.807) is 56.1 Å². The van der Waals surface area contributed by atoms with Crippen LogP contribution in [0.5, 0.6) is 0 Å². The van der Waals surface area contributed by atoms with E-state index in [1.807, 2.05) is 5.43 Å². The van der Waals surface area contributed by atoms with Crippen LogP contribution in [0.4, 0.5) is 17.5 Å². The lowest BCUT2D eigenvalue weighted by atomic mass is 9.95. The Morgan fingerprint density at radius 1 is 1.23 bits per heavy atom. The van der Waals surface area contributed by atoms with Crippen LogP contribution in [0, 0.1) is 0 Å². The van der Waals surface area contributed by atoms with Crippen molar-refractivity contribution in [3.8, 4) is 0 Å². The number of ether oxygens (including phenoxy) is 2. The minimum absolute atomic E-state index is 0.0932. The van der Waals surface area contributed by atoms with Gasteiger partial charge in [0.25, 0.3) is 11.5 Å². The number of aromatic amines is 1. The number of carbonyl (C=O) groups is 3. The summed E-state index contributed by atoms with van der Waals surface area (Å²) in [5, 5.41) is 32.1. The number of aliphatic hydroxyl groups is 4. The molecule has 2 unspecified atom stereocenters. The smallest absolute Gasteiger partial charge is 0.278 e. The molecule has 1 aromatic heterocycles. The molecular formula is C31H49N7O10. The van der Waals surface area contributed by atoms with E-state index in [2.05, 4.69) is 23.5 Å². The van der Waals surface area contributed by atoms with Gasteiger partial charge in [-0.05, 0) is 45.2 Å². The van der Waals surface area contributed by atoms with Crippen molar-refractivity contribution in [2.75, 3.05) is 48.9 Å². The Balaban J connectivity index is 0.000000424. The van der Waals surface area contributed by atoms with E-state index in [0.29, 0.717) is 43.5 Å². The number of rotatable bonds is 15. The van der Waals surface area contributed by atoms with Crippen LogP contribution in [0.15, 0.2) is 41.7 Å². The predicted molar refractivity (Wildman–Crippen MR) is 179 cm³/mol. The standard InChI is InChI=1S/C15H22N2O3.C14H21N5O4.C2H6O3/c1-4-5-10-20-15(2,3)13(18)11-6-8-12(9-7-11)14(19)17-16;1-3-6-18(2)11-12(16-14(15)17-13(11)22)19(8-21)10-5-4-9(7-20)23-10;3-1-2(4)5/h6-9H,4-5,10,16H2,1-3H3,(H,17,19);3,8-10,20H,1,4-7H2,2H3,(H3,15,16,17,22);2-5H,1H2. The summed E-state index contributed by atoms with van der Waals surface area (Å²) in [7, 11) is 1.68. The normalized spacial score (nSPS) is 15.4. The number of H-pyrrole nitrogens is 1. The number of nitrogen functional groups attached to an aromatic ring is 2. The summed E-state index contributed by atoms with van der Waals surface area (Å²) in [4.78, 5) is 56.9. The first-order valence-corrected chi connectivity index (χ1v) is 15.2. The fraction of sp³-hybridized carbons (Fsp3) is 0.516. The number of nitrogens with zero attached hydrogens (tertiary/aromatic N) is 3. The molecule has 0 bridgehead atoms. The number of aliphatic hydroxyl groups excluding tert-OH is 3. The first-order chi connectivity index (χ1) is 22.7. The molecule has 1 fully saturated rings. The Hall–Kier alpha value is -4.23. The lowest BCUT2D eigenvalue weighted by Gasteiger charge is -2.28. The molecule has 0 radical (unpaired) electrons. The summed E-state index contributed by atoms with van der Waals surface area (Å²) in [5.41, 5.74) is 7.46. The molecule has 3 rings (SSSR count). The van der Waals surface area contributed by atoms with Gasteiger partial charge in [-0.3, -0.25) is 34.5 Å². The predicted octanol–water partition coefficient (Wildman–Crippen LogP) is -0.208. The van der Waals surface area contributed by atoms with E-state index >= 15 is 0 Å². The van der Waals surface area contributed by atoms with Crippen LogP contribution < -0.4 is 32.4 Å². The Labute approximate surface area is 279 Å². The molecule has 1 aliphatic heterocycles. The minimum Gasteiger partial charge on any atom is -0.394 e. The van der Waals surface area contributed by atoms with Crippen molar-refractivity contribution in [3.63, 3.8) is 0 Å². The molecule has 2 aromatic rings. The van der Waals surface area contributed by atoms with Gasteiger partial charge >= 0.3 is 0 Å². The van der Waals surface area contributed by atoms with Crippen molar-refractivity contribution in [2.45, 2.75) is 70.7 Å². The van der Waals surface area contributed by atoms with Crippen molar-refractivity contribution in [1.82, 2.24) is 15.4 Å². The van der Waals surface area contributed by atoms with Crippen LogP contribution in [0.25, 0.3) is 0 Å². The average Bonchev–Trinajstić information content (AvgIpc) is 3.54. The van der Waals surface area contributed by atoms with Gasteiger partial charge in [0.1, 0.15) is 17.5 Å². The van der Waals surface area contributed by atoms with Gasteiger partial charge in [0.2, 0.25) is 12.4 Å². The summed E-state index contributed by atoms with van der Waals surface area (Å²) in [5.74, 6) is 4.59. The average molecular weight is 680 g/mol. The number of anilines is 3. The zero-order valence-electron chi connectivity index (χ0n) is 27.8. The number of hydrogen-bond acceptors (Lipinski definition) is 14. The molecule has 2 amide bonds. The fourth-order valence-corrected chi connectivity index (χ4v) is 4.30. The Bertz CT molecular complexity index is 1370. The quantitative estimate of drug-likeness (QED) is 0.0177. The van der Waals surface area contributed by atoms with Crippen molar-refractivity contribution >= 4 is 35.6 Å². The van der Waals surface area contributed by atoms with Crippen LogP contribution in [0.2, 0.25) is 0 Å². The molecule has 48 heavy (non-hydrogen) atoms. The summed E-state index contributed by atoms with van der Waals surface area (Å²) >= 11 is 0. The second kappa shape index (κ2) is 20.9. The first kappa shape index (κ1) is 41.8. The van der Waals surface area contributed by atoms with Gasteiger partial charge < -0.3 is 40.5 Å². The van der Waals surface area contributed by atoms with Gasteiger partial charge in [0, 0.05) is 31.3 Å². The maximum absolute atomic E-state index is 12.4. The molecule has 10 N–H and O–H groups in total. The van der Waals surface area contributed by atoms with Gasteiger partial charge in [0.15, 0.2) is 17.9 Å². The van der Waals surface area contributed by atoms with Gasteiger partial charge in [-0.25, -0.2) is 5.84 Å². The number of hydrazine groups is 1. The lowest BCUT2D eigenvalue weighted by Crippen LogP contribution is -2.39. The van der Waals surface area contributed by atoms with E-state index in [9.17, 15) is 19.2 Å². The fourth-order valence-electron chi connectivity index (χ4n) is 4.30. The molecule has 1 aromatic carbocycles. The summed E-state index contributed by atoms with van der Waals surface area (Å²) in [6.07, 6.45) is 2.76. The highest BCUT2D eigenvalue weighted by molar-refractivity contribution is 6.03. The van der Waals surface area contributed by atoms with Gasteiger partial charge in [-0.1, -0.05) is 31.6 Å². The first-order valence-electron chi connectivity index (χ1n) is 15.2. The number of Topliss-reactive ketones (excluding diaryl/α,β-unsaturated/α-hetero) is 1. The molecule has 17 heteroatoms. The van der Waals surface area contributed by atoms with Crippen LogP contribution in [0.1, 0.15) is 67.2 Å². The third-order valence-electron chi connectivity index (χ3n) is 6.85. The van der Waals surface area contributed by atoms with Gasteiger partial charge in [-0.2, -0.15) is 4.98 Å². The van der Waals surface area contributed by atoms with Gasteiger partial charge in [-0.15, -0.1) is 6.58 Å². The van der Waals surface area contributed by atoms with Crippen molar-refractivity contribution < 1.29 is 44.3 Å². The van der Waals surface area contributed by atoms with Crippen LogP contribution in [-0.2, 0) is 14.3 Å². The zero-order chi connectivity index (χ0) is 36.4. The Morgan fingerprint density at radius 2 is 1.83 bits per heavy atom. The number of nitrogens with one attached hydrogen (secondary N) is 2. The van der Waals surface area contributed by atoms with Crippen LogP contribution in [0.3, 0.4) is 0 Å². The van der Waals surface area contributed by atoms with E-state index in [4.69, 9.17) is 41.5 Å². The number of benzene rings is 1. The summed E-state index contributed by atoms with van der Waals surface area (Å²) in [6, 6.07) is 6.35. The van der Waals surface area contributed by atoms with Crippen molar-refractivity contribution in [3.05, 3.63) is 58.4 Å². The molecule has 2 heterocycles. The van der Waals surface area contributed by atoms with E-state index < -0.39 is 30.3 Å². The van der Waals surface area contributed by atoms with Crippen molar-refractivity contribution in [2.24, 2.45) is 5.84 Å². The molecule has 0 spiro atoms. The zero-order valence-corrected chi connectivity index (χ0v) is 27.8. The second-order valence-electron chi connectivity index (χ2n) is 11.0. The highest BCUT2D eigenvalue weighted by atomic mass is 16.5. The molecule has 0 saturated carbocycles. The third-order valence-corrected chi connectivity index (χ3v) is 6.85. The number of unbranched alkanes of at least 4 members (excludes halogenated alkanes) is 1. The van der Waals surface area contributed by atoms with E-state index in [1.165, 1.54) is 4.90 Å². The third kappa shape index (κ3) is 12.8. The minimum atomic E-state index is -1.56. The summed E-state index contributed by atoms with van der Waals surface area (Å²) in [6.45, 7) is 9.45. The molecule has 17 nitrogen and oxygen atoms in total. The number of carbonyl (C=O) groups excluding carboxylic acids is 3. The van der Waals surface area contributed by atoms with Crippen LogP contribution >= 0.6 is 0 Å². The highest BCUT2D eigenvalue weighted by Gasteiger charge is 2.33. The SMILES string of the molecule is C=CCN(C)c1c(N(C=O)C2CCC(CO)O2)nc(N)[nH]c1=O.CCCCOC(C)(C)C(=O)c1ccc(C(=O)NN)cc1.OCC(O)O. The maximum Gasteiger partial charge on any atom is 0.278 e. The largest absolute Gasteiger partial charge is 0.394 e. The molecule has 1 saturated heterocycles. The van der Waals surface area contributed by atoms with Crippen molar-refractivity contribution in [1.29, 1.82) is 0 Å². The Morgan fingerprint density at radius 3 is 2.31 bits per heavy atom. The number of ketones is 1. The number of hydrogen-bond donors (Lipinski definition) is 8. The molecule has 1 aliphatic rings. The number of likely N-dealkylation sites (N-methyl/N-ethyl adjacent to an activating group) is 1. The Kier molecular flexibility index (Phi) is 18.2. The molecule has 2 atom stereocenters. The topological polar surface area (TPSA) is 267 Å². The van der Waals surface area contributed by atoms with E-state index in [0.717, 1.165) is 12.8 Å². The second-order valence-corrected chi connectivity index (χ2v) is 11.0. The number of aromatic nitrogens is 2. The van der Waals surface area contributed by atoms with E-state index in [-0.39, 0.29) is 41.9 Å². The number of nitrogens with two attached hydrogens (primary N) is 2. The monoisotopic (exact) mass is 679 g/mol.